The minimum atomic E-state index is -1.08. The van der Waals surface area contributed by atoms with Gasteiger partial charge in [-0.2, -0.15) is 0 Å². The van der Waals surface area contributed by atoms with Gasteiger partial charge in [0.1, 0.15) is 23.4 Å². The molecule has 4 aromatic heterocycles. The number of aryl methyl sites for hydroxylation is 2. The number of pyridine rings is 3. The maximum absolute atomic E-state index is 13.2. The molecule has 0 bridgehead atoms. The van der Waals surface area contributed by atoms with Crippen LogP contribution in [-0.4, -0.2) is 42.4 Å². The highest BCUT2D eigenvalue weighted by Crippen LogP contribution is 2.36. The first kappa shape index (κ1) is 21.8. The van der Waals surface area contributed by atoms with Crippen molar-refractivity contribution in [1.29, 1.82) is 0 Å². The number of hydrogen-bond donors (Lipinski definition) is 1. The molecule has 9 heteroatoms. The van der Waals surface area contributed by atoms with Gasteiger partial charge in [0.25, 0.3) is 0 Å². The van der Waals surface area contributed by atoms with E-state index in [1.54, 1.807) is 30.7 Å². The first-order chi connectivity index (χ1) is 16.4. The number of imidazole rings is 1. The summed E-state index contributed by atoms with van der Waals surface area (Å²) in [6.45, 7) is 3.74. The van der Waals surface area contributed by atoms with Crippen LogP contribution in [0.4, 0.5) is 10.2 Å². The van der Waals surface area contributed by atoms with Crippen LogP contribution >= 0.6 is 0 Å². The van der Waals surface area contributed by atoms with Gasteiger partial charge in [-0.25, -0.2) is 19.3 Å². The van der Waals surface area contributed by atoms with Crippen LogP contribution in [0.15, 0.2) is 43.0 Å². The van der Waals surface area contributed by atoms with E-state index in [0.29, 0.717) is 35.0 Å². The summed E-state index contributed by atoms with van der Waals surface area (Å²) in [5.41, 5.74) is 4.21. The van der Waals surface area contributed by atoms with Crippen LogP contribution in [0.2, 0.25) is 0 Å². The summed E-state index contributed by atoms with van der Waals surface area (Å²) in [6, 6.07) is 5.42. The molecule has 0 spiro atoms. The minimum absolute atomic E-state index is 0.0142. The summed E-state index contributed by atoms with van der Waals surface area (Å²) in [4.78, 5) is 42.3. The summed E-state index contributed by atoms with van der Waals surface area (Å²) in [6.07, 6.45) is 6.41. The Kier molecular flexibility index (Phi) is 5.39. The Bertz CT molecular complexity index is 1450. The normalized spacial score (nSPS) is 17.1. The average molecular weight is 458 g/mol. The maximum Gasteiger partial charge on any atom is 0.231 e. The fraction of sp³-hybridized carbons (Fsp3) is 0.280. The monoisotopic (exact) mass is 458 g/mol. The first-order valence-electron chi connectivity index (χ1n) is 11.1. The highest BCUT2D eigenvalue weighted by molar-refractivity contribution is 5.97. The first-order valence-corrected chi connectivity index (χ1v) is 11.1. The molecule has 1 fully saturated rings. The quantitative estimate of drug-likeness (QED) is 0.433. The third-order valence-electron chi connectivity index (χ3n) is 6.04. The second kappa shape index (κ2) is 8.40. The molecule has 1 amide bonds. The van der Waals surface area contributed by atoms with Crippen LogP contribution in [0.25, 0.3) is 33.5 Å². The summed E-state index contributed by atoms with van der Waals surface area (Å²) in [7, 11) is 1.88. The Morgan fingerprint density at radius 2 is 1.94 bits per heavy atom. The molecule has 172 valence electrons. The molecule has 1 aliphatic rings. The van der Waals surface area contributed by atoms with Gasteiger partial charge in [-0.1, -0.05) is 6.92 Å². The van der Waals surface area contributed by atoms with Gasteiger partial charge in [0.2, 0.25) is 5.91 Å². The molecule has 5 rings (SSSR count). The fourth-order valence-corrected chi connectivity index (χ4v) is 3.93. The van der Waals surface area contributed by atoms with Crippen LogP contribution in [-0.2, 0) is 11.8 Å². The number of fused-ring (bicyclic) bond motifs is 1. The Labute approximate surface area is 195 Å². The molecule has 0 radical (unpaired) electrons. The molecule has 8 nitrogen and oxygen atoms in total. The van der Waals surface area contributed by atoms with Crippen molar-refractivity contribution in [2.45, 2.75) is 32.9 Å². The van der Waals surface area contributed by atoms with Gasteiger partial charge in [0.05, 0.1) is 11.4 Å². The van der Waals surface area contributed by atoms with Crippen molar-refractivity contribution < 1.29 is 14.0 Å². The van der Waals surface area contributed by atoms with E-state index in [1.807, 2.05) is 37.7 Å². The number of nitrogens with zero attached hydrogens (tertiary/aromatic N) is 5. The number of ketones is 1. The maximum atomic E-state index is 13.2. The van der Waals surface area contributed by atoms with Gasteiger partial charge in [0, 0.05) is 60.8 Å². The Hall–Kier alpha value is -4.01. The number of carbonyl (C=O) groups excluding carboxylic acids is 2. The standard InChI is InChI=1S/C25H23FN6O2/c1-4-21(33)20-7-13(2)17(12-28-20)15-8-14-11-29-22(31-25(34)16-9-18(16)26)10-19(14)30-23(15)24-27-5-6-32(24)3/h5-8,10-12,16,18H,4,9H2,1-3H3,(H,29,31,34)/t16-,18+/m0/s1. The minimum Gasteiger partial charge on any atom is -0.333 e. The number of Topliss-reactive ketones (excluding diaryl/α,β-unsaturated/α-hetero) is 1. The third kappa shape index (κ3) is 3.93. The molecule has 0 saturated heterocycles. The van der Waals surface area contributed by atoms with E-state index in [4.69, 9.17) is 4.98 Å². The van der Waals surface area contributed by atoms with E-state index in [9.17, 15) is 14.0 Å². The van der Waals surface area contributed by atoms with Gasteiger partial charge in [0.15, 0.2) is 11.6 Å². The van der Waals surface area contributed by atoms with Gasteiger partial charge < -0.3 is 9.88 Å². The van der Waals surface area contributed by atoms with Crippen LogP contribution in [0, 0.1) is 12.8 Å². The van der Waals surface area contributed by atoms with E-state index in [2.05, 4.69) is 20.3 Å². The van der Waals surface area contributed by atoms with Crippen molar-refractivity contribution in [3.63, 3.8) is 0 Å². The molecule has 4 heterocycles. The van der Waals surface area contributed by atoms with Crippen molar-refractivity contribution >= 4 is 28.4 Å². The number of rotatable bonds is 6. The van der Waals surface area contributed by atoms with Crippen LogP contribution in [0.5, 0.6) is 0 Å². The van der Waals surface area contributed by atoms with Crippen molar-refractivity contribution in [2.75, 3.05) is 5.32 Å². The van der Waals surface area contributed by atoms with E-state index in [1.165, 1.54) is 0 Å². The van der Waals surface area contributed by atoms with E-state index in [0.717, 1.165) is 22.1 Å². The number of alkyl halides is 1. The zero-order valence-electron chi connectivity index (χ0n) is 19.0. The lowest BCUT2D eigenvalue weighted by Crippen LogP contribution is -2.15. The zero-order valence-corrected chi connectivity index (χ0v) is 19.0. The lowest BCUT2D eigenvalue weighted by Gasteiger charge is -2.14. The number of carbonyl (C=O) groups is 2. The summed E-state index contributed by atoms with van der Waals surface area (Å²) >= 11 is 0. The lowest BCUT2D eigenvalue weighted by atomic mass is 9.98. The molecule has 1 saturated carbocycles. The fourth-order valence-electron chi connectivity index (χ4n) is 3.93. The predicted molar refractivity (Wildman–Crippen MR) is 126 cm³/mol. The van der Waals surface area contributed by atoms with Gasteiger partial charge in [-0.05, 0) is 31.0 Å². The second-order valence-corrected chi connectivity index (χ2v) is 8.52. The van der Waals surface area contributed by atoms with E-state index >= 15 is 0 Å². The summed E-state index contributed by atoms with van der Waals surface area (Å²) in [5.74, 6) is -0.00838. The molecule has 4 aromatic rings. The third-order valence-corrected chi connectivity index (χ3v) is 6.04. The number of nitrogens with one attached hydrogen (secondary N) is 1. The number of hydrogen-bond acceptors (Lipinski definition) is 6. The number of aromatic nitrogens is 5. The smallest absolute Gasteiger partial charge is 0.231 e. The Morgan fingerprint density at radius 1 is 1.15 bits per heavy atom. The number of anilines is 1. The summed E-state index contributed by atoms with van der Waals surface area (Å²) < 4.78 is 15.1. The Morgan fingerprint density at radius 3 is 2.59 bits per heavy atom. The molecule has 0 aromatic carbocycles. The molecule has 2 atom stereocenters. The molecule has 34 heavy (non-hydrogen) atoms. The largest absolute Gasteiger partial charge is 0.333 e. The number of halogens is 1. The van der Waals surface area contributed by atoms with Crippen molar-refractivity contribution in [1.82, 2.24) is 24.5 Å². The van der Waals surface area contributed by atoms with Crippen LogP contribution < -0.4 is 5.32 Å². The SMILES string of the molecule is CCC(=O)c1cc(C)c(-c2cc3cnc(NC(=O)[C@H]4C[C@H]4F)cc3nc2-c2nccn2C)cn1. The lowest BCUT2D eigenvalue weighted by molar-refractivity contribution is -0.117. The van der Waals surface area contributed by atoms with Crippen molar-refractivity contribution in [2.24, 2.45) is 13.0 Å². The Balaban J connectivity index is 1.62. The number of amides is 1. The topological polar surface area (TPSA) is 103 Å². The predicted octanol–water partition coefficient (Wildman–Crippen LogP) is 4.29. The molecule has 1 N–H and O–H groups in total. The van der Waals surface area contributed by atoms with Crippen LogP contribution in [0.1, 0.15) is 35.8 Å². The van der Waals surface area contributed by atoms with E-state index in [-0.39, 0.29) is 18.1 Å². The average Bonchev–Trinajstić information content (AvgIpc) is 3.42. The summed E-state index contributed by atoms with van der Waals surface area (Å²) in [5, 5.41) is 3.44. The highest BCUT2D eigenvalue weighted by atomic mass is 19.1. The second-order valence-electron chi connectivity index (χ2n) is 8.52. The van der Waals surface area contributed by atoms with E-state index < -0.39 is 12.1 Å². The molecule has 0 unspecified atom stereocenters. The molecule has 1 aliphatic carbocycles. The van der Waals surface area contributed by atoms with Gasteiger partial charge in [-0.15, -0.1) is 0 Å². The van der Waals surface area contributed by atoms with Crippen molar-refractivity contribution in [3.8, 4) is 22.6 Å². The van der Waals surface area contributed by atoms with Crippen molar-refractivity contribution in [3.05, 3.63) is 54.2 Å². The molecular weight excluding hydrogens is 435 g/mol. The van der Waals surface area contributed by atoms with Crippen LogP contribution in [0.3, 0.4) is 0 Å². The zero-order chi connectivity index (χ0) is 24.0. The van der Waals surface area contributed by atoms with Gasteiger partial charge in [-0.3, -0.25) is 14.6 Å². The van der Waals surface area contributed by atoms with Gasteiger partial charge >= 0.3 is 0 Å². The molecule has 0 aliphatic heterocycles. The highest BCUT2D eigenvalue weighted by Gasteiger charge is 2.43. The molecular formula is C25H23FN6O2.